The molecule has 110 valence electrons. The van der Waals surface area contributed by atoms with Gasteiger partial charge in [-0.25, -0.2) is 0 Å². The van der Waals surface area contributed by atoms with Crippen molar-refractivity contribution >= 4 is 17.7 Å². The summed E-state index contributed by atoms with van der Waals surface area (Å²) in [6, 6.07) is 13.9. The van der Waals surface area contributed by atoms with Crippen LogP contribution in [-0.4, -0.2) is 22.7 Å². The van der Waals surface area contributed by atoms with Gasteiger partial charge in [0.25, 0.3) is 5.91 Å². The number of nitrogens with zero attached hydrogens (tertiary/aromatic N) is 1. The zero-order valence-corrected chi connectivity index (χ0v) is 13.2. The molecular weight excluding hydrogens is 280 g/mol. The highest BCUT2D eigenvalue weighted by Crippen LogP contribution is 2.22. The van der Waals surface area contributed by atoms with Gasteiger partial charge in [0.15, 0.2) is 0 Å². The van der Waals surface area contributed by atoms with Crippen LogP contribution in [0.3, 0.4) is 0 Å². The molecule has 0 spiro atoms. The third-order valence-electron chi connectivity index (χ3n) is 2.89. The molecule has 4 heteroatoms. The van der Waals surface area contributed by atoms with Gasteiger partial charge in [-0.3, -0.25) is 9.78 Å². The minimum atomic E-state index is -0.123. The van der Waals surface area contributed by atoms with Crippen LogP contribution in [0.25, 0.3) is 0 Å². The van der Waals surface area contributed by atoms with E-state index >= 15 is 0 Å². The van der Waals surface area contributed by atoms with Crippen molar-refractivity contribution < 1.29 is 4.79 Å². The van der Waals surface area contributed by atoms with Crippen LogP contribution in [0.4, 0.5) is 0 Å². The third kappa shape index (κ3) is 5.23. The number of pyridine rings is 1. The Labute approximate surface area is 130 Å². The Kier molecular flexibility index (Phi) is 5.81. The van der Waals surface area contributed by atoms with Crippen molar-refractivity contribution in [2.75, 3.05) is 6.54 Å². The Morgan fingerprint density at radius 3 is 2.57 bits per heavy atom. The van der Waals surface area contributed by atoms with Crippen molar-refractivity contribution in [3.63, 3.8) is 0 Å². The van der Waals surface area contributed by atoms with Crippen molar-refractivity contribution in [3.8, 4) is 0 Å². The van der Waals surface area contributed by atoms with E-state index in [1.807, 2.05) is 17.8 Å². The Balaban J connectivity index is 1.79. The molecule has 0 aliphatic heterocycles. The lowest BCUT2D eigenvalue weighted by molar-refractivity contribution is 0.0949. The Morgan fingerprint density at radius 2 is 1.95 bits per heavy atom. The first kappa shape index (κ1) is 15.6. The van der Waals surface area contributed by atoms with Crippen LogP contribution in [-0.2, 0) is 6.42 Å². The summed E-state index contributed by atoms with van der Waals surface area (Å²) >= 11 is 1.86. The van der Waals surface area contributed by atoms with Crippen molar-refractivity contribution in [1.29, 1.82) is 0 Å². The standard InChI is InChI=1S/C17H20N2OS/c1-13(2)21-15-8-6-14(7-9-15)10-12-19-17(20)16-5-3-4-11-18-16/h3-9,11,13H,10,12H2,1-2H3,(H,19,20). The number of aromatic nitrogens is 1. The average molecular weight is 300 g/mol. The molecule has 0 fully saturated rings. The predicted molar refractivity (Wildman–Crippen MR) is 87.7 cm³/mol. The third-order valence-corrected chi connectivity index (χ3v) is 3.91. The monoisotopic (exact) mass is 300 g/mol. The number of thioether (sulfide) groups is 1. The van der Waals surface area contributed by atoms with E-state index in [1.54, 1.807) is 18.3 Å². The fourth-order valence-electron chi connectivity index (χ4n) is 1.91. The minimum absolute atomic E-state index is 0.123. The fourth-order valence-corrected chi connectivity index (χ4v) is 2.75. The maximum absolute atomic E-state index is 11.8. The largest absolute Gasteiger partial charge is 0.350 e. The number of amides is 1. The number of hydrogen-bond donors (Lipinski definition) is 1. The summed E-state index contributed by atoms with van der Waals surface area (Å²) in [5.41, 5.74) is 1.69. The van der Waals surface area contributed by atoms with Gasteiger partial charge < -0.3 is 5.32 Å². The molecule has 1 N–H and O–H groups in total. The topological polar surface area (TPSA) is 42.0 Å². The molecule has 0 aliphatic rings. The molecule has 0 unspecified atom stereocenters. The lowest BCUT2D eigenvalue weighted by Crippen LogP contribution is -2.26. The number of hydrogen-bond acceptors (Lipinski definition) is 3. The Morgan fingerprint density at radius 1 is 1.19 bits per heavy atom. The molecule has 1 amide bonds. The van der Waals surface area contributed by atoms with Gasteiger partial charge in [0.2, 0.25) is 0 Å². The zero-order chi connectivity index (χ0) is 15.1. The van der Waals surface area contributed by atoms with Crippen molar-refractivity contribution in [2.45, 2.75) is 30.4 Å². The average Bonchev–Trinajstić information content (AvgIpc) is 2.49. The summed E-state index contributed by atoms with van der Waals surface area (Å²) in [6.07, 6.45) is 2.45. The van der Waals surface area contributed by atoms with Crippen LogP contribution in [0, 0.1) is 0 Å². The van der Waals surface area contributed by atoms with E-state index in [9.17, 15) is 4.79 Å². The first-order chi connectivity index (χ1) is 10.1. The molecule has 0 bridgehead atoms. The van der Waals surface area contributed by atoms with Crippen molar-refractivity contribution in [1.82, 2.24) is 10.3 Å². The molecule has 2 rings (SSSR count). The molecule has 1 heterocycles. The summed E-state index contributed by atoms with van der Waals surface area (Å²) in [7, 11) is 0. The van der Waals surface area contributed by atoms with Crippen LogP contribution < -0.4 is 5.32 Å². The van der Waals surface area contributed by atoms with E-state index < -0.39 is 0 Å². The number of benzene rings is 1. The molecule has 0 saturated carbocycles. The first-order valence-electron chi connectivity index (χ1n) is 7.10. The van der Waals surface area contributed by atoms with Gasteiger partial charge >= 0.3 is 0 Å². The lowest BCUT2D eigenvalue weighted by atomic mass is 10.1. The van der Waals surface area contributed by atoms with Gasteiger partial charge in [-0.2, -0.15) is 0 Å². The number of carbonyl (C=O) groups excluding carboxylic acids is 1. The van der Waals surface area contributed by atoms with Gasteiger partial charge in [-0.05, 0) is 36.2 Å². The van der Waals surface area contributed by atoms with Crippen LogP contribution in [0.5, 0.6) is 0 Å². The summed E-state index contributed by atoms with van der Waals surface area (Å²) in [4.78, 5) is 17.1. The van der Waals surface area contributed by atoms with E-state index in [4.69, 9.17) is 0 Å². The molecule has 3 nitrogen and oxygen atoms in total. The fraction of sp³-hybridized carbons (Fsp3) is 0.294. The van der Waals surface area contributed by atoms with E-state index in [0.717, 1.165) is 6.42 Å². The summed E-state index contributed by atoms with van der Waals surface area (Å²) in [5, 5.41) is 3.48. The van der Waals surface area contributed by atoms with Crippen LogP contribution >= 0.6 is 11.8 Å². The number of nitrogens with one attached hydrogen (secondary N) is 1. The van der Waals surface area contributed by atoms with E-state index in [-0.39, 0.29) is 5.91 Å². The highest BCUT2D eigenvalue weighted by molar-refractivity contribution is 7.99. The molecule has 0 radical (unpaired) electrons. The lowest BCUT2D eigenvalue weighted by Gasteiger charge is -2.07. The smallest absolute Gasteiger partial charge is 0.269 e. The predicted octanol–water partition coefficient (Wildman–Crippen LogP) is 3.55. The van der Waals surface area contributed by atoms with Crippen LogP contribution in [0.15, 0.2) is 53.6 Å². The van der Waals surface area contributed by atoms with Gasteiger partial charge in [-0.15, -0.1) is 11.8 Å². The molecule has 1 aromatic carbocycles. The molecule has 1 aromatic heterocycles. The quantitative estimate of drug-likeness (QED) is 0.830. The molecule has 0 saturated heterocycles. The molecular formula is C17H20N2OS. The van der Waals surface area contributed by atoms with Gasteiger partial charge in [0.05, 0.1) is 0 Å². The molecule has 0 atom stereocenters. The van der Waals surface area contributed by atoms with E-state index in [0.29, 0.717) is 17.5 Å². The zero-order valence-electron chi connectivity index (χ0n) is 12.4. The minimum Gasteiger partial charge on any atom is -0.350 e. The summed E-state index contributed by atoms with van der Waals surface area (Å²) in [6.45, 7) is 4.99. The number of rotatable bonds is 6. The van der Waals surface area contributed by atoms with Crippen molar-refractivity contribution in [2.24, 2.45) is 0 Å². The van der Waals surface area contributed by atoms with E-state index in [1.165, 1.54) is 10.5 Å². The molecule has 21 heavy (non-hydrogen) atoms. The Bertz CT molecular complexity index is 567. The maximum atomic E-state index is 11.8. The second kappa shape index (κ2) is 7.84. The van der Waals surface area contributed by atoms with Gasteiger partial charge in [-0.1, -0.05) is 32.0 Å². The van der Waals surface area contributed by atoms with Crippen LogP contribution in [0.2, 0.25) is 0 Å². The Hall–Kier alpha value is -1.81. The maximum Gasteiger partial charge on any atom is 0.269 e. The first-order valence-corrected chi connectivity index (χ1v) is 7.98. The number of carbonyl (C=O) groups is 1. The SMILES string of the molecule is CC(C)Sc1ccc(CCNC(=O)c2ccccn2)cc1. The van der Waals surface area contributed by atoms with Gasteiger partial charge in [0, 0.05) is 22.9 Å². The van der Waals surface area contributed by atoms with E-state index in [2.05, 4.69) is 48.4 Å². The summed E-state index contributed by atoms with van der Waals surface area (Å²) in [5.74, 6) is -0.123. The highest BCUT2D eigenvalue weighted by atomic mass is 32.2. The second-order valence-corrected chi connectivity index (χ2v) is 6.68. The van der Waals surface area contributed by atoms with Gasteiger partial charge in [0.1, 0.15) is 5.69 Å². The second-order valence-electron chi connectivity index (χ2n) is 5.03. The van der Waals surface area contributed by atoms with Crippen LogP contribution in [0.1, 0.15) is 29.9 Å². The summed E-state index contributed by atoms with van der Waals surface area (Å²) < 4.78 is 0. The van der Waals surface area contributed by atoms with Crippen molar-refractivity contribution in [3.05, 3.63) is 59.9 Å². The molecule has 0 aliphatic carbocycles. The molecule has 2 aromatic rings. The normalized spacial score (nSPS) is 10.6. The highest BCUT2D eigenvalue weighted by Gasteiger charge is 2.05.